The maximum atomic E-state index is 5.98. The van der Waals surface area contributed by atoms with E-state index >= 15 is 0 Å². The quantitative estimate of drug-likeness (QED) is 0.283. The average Bonchev–Trinajstić information content (AvgIpc) is 2.60. The molecule has 0 spiro atoms. The van der Waals surface area contributed by atoms with Crippen LogP contribution < -0.4 is 16.4 Å². The molecule has 0 aromatic carbocycles. The molecule has 1 heterocycles. The third-order valence-electron chi connectivity index (χ3n) is 4.96. The molecule has 0 bridgehead atoms. The molecule has 154 valence electrons. The Morgan fingerprint density at radius 3 is 1.85 bits per heavy atom. The monoisotopic (exact) mass is 422 g/mol. The van der Waals surface area contributed by atoms with Crippen LogP contribution in [0.4, 0.5) is 0 Å². The molecule has 1 fully saturated rings. The first-order chi connectivity index (χ1) is 12.2. The van der Waals surface area contributed by atoms with Crippen molar-refractivity contribution >= 4 is 37.9 Å². The lowest BCUT2D eigenvalue weighted by atomic mass is 10.2. The fourth-order valence-electron chi connectivity index (χ4n) is 2.85. The first-order valence-corrected chi connectivity index (χ1v) is 10.9. The molecular formula is C17H38N6S3. The van der Waals surface area contributed by atoms with Crippen LogP contribution in [-0.4, -0.2) is 77.0 Å². The molecule has 0 saturated carbocycles. The number of rotatable bonds is 11. The van der Waals surface area contributed by atoms with Crippen molar-refractivity contribution in [3.8, 4) is 0 Å². The van der Waals surface area contributed by atoms with Crippen LogP contribution in [0.1, 0.15) is 33.1 Å². The Kier molecular flexibility index (Phi) is 11.3. The second-order valence-electron chi connectivity index (χ2n) is 7.10. The Balaban J connectivity index is 2.90. The van der Waals surface area contributed by atoms with Crippen LogP contribution in [0.5, 0.6) is 0 Å². The molecule has 5 atom stereocenters. The van der Waals surface area contributed by atoms with Crippen LogP contribution in [0.15, 0.2) is 12.3 Å². The van der Waals surface area contributed by atoms with E-state index in [-0.39, 0.29) is 22.5 Å². The summed E-state index contributed by atoms with van der Waals surface area (Å²) in [6, 6.07) is 0.597. The van der Waals surface area contributed by atoms with Crippen LogP contribution in [0.2, 0.25) is 0 Å². The average molecular weight is 423 g/mol. The molecular weight excluding hydrogens is 384 g/mol. The Morgan fingerprint density at radius 1 is 0.962 bits per heavy atom. The van der Waals surface area contributed by atoms with Gasteiger partial charge in [0.25, 0.3) is 0 Å². The van der Waals surface area contributed by atoms with Gasteiger partial charge in [0.15, 0.2) is 0 Å². The van der Waals surface area contributed by atoms with Crippen molar-refractivity contribution in [3.05, 3.63) is 12.3 Å². The highest BCUT2D eigenvalue weighted by Gasteiger charge is 2.41. The van der Waals surface area contributed by atoms with Crippen molar-refractivity contribution < 1.29 is 0 Å². The van der Waals surface area contributed by atoms with Gasteiger partial charge in [0.05, 0.1) is 0 Å². The first kappa shape index (κ1) is 24.4. The van der Waals surface area contributed by atoms with E-state index in [0.717, 1.165) is 44.6 Å². The fraction of sp³-hybridized carbons (Fsp3) is 0.882. The van der Waals surface area contributed by atoms with E-state index < -0.39 is 0 Å². The number of thiol groups is 3. The summed E-state index contributed by atoms with van der Waals surface area (Å²) in [5, 5.41) is 6.41. The summed E-state index contributed by atoms with van der Waals surface area (Å²) < 4.78 is 0. The molecule has 26 heavy (non-hydrogen) atoms. The van der Waals surface area contributed by atoms with Gasteiger partial charge in [-0.1, -0.05) is 6.58 Å². The number of nitrogens with zero attached hydrogens (tertiary/aromatic N) is 3. The van der Waals surface area contributed by atoms with E-state index in [1.54, 1.807) is 0 Å². The van der Waals surface area contributed by atoms with Crippen molar-refractivity contribution in [2.75, 3.05) is 33.7 Å². The predicted molar refractivity (Wildman–Crippen MR) is 123 cm³/mol. The topological polar surface area (TPSA) is 59.8 Å². The van der Waals surface area contributed by atoms with Gasteiger partial charge in [-0.2, -0.15) is 0 Å². The minimum absolute atomic E-state index is 0.0356. The molecule has 1 saturated heterocycles. The van der Waals surface area contributed by atoms with E-state index in [4.69, 9.17) is 43.6 Å². The fourth-order valence-corrected chi connectivity index (χ4v) is 4.62. The normalized spacial score (nSPS) is 28.1. The minimum atomic E-state index is -0.0543. The first-order valence-electron chi connectivity index (χ1n) is 9.32. The van der Waals surface area contributed by atoms with Gasteiger partial charge in [0.2, 0.25) is 0 Å². The number of nitrogens with two attached hydrogens (primary N) is 1. The second kappa shape index (κ2) is 12.1. The van der Waals surface area contributed by atoms with Gasteiger partial charge in [-0.3, -0.25) is 14.7 Å². The lowest BCUT2D eigenvalue weighted by molar-refractivity contribution is -0.0767. The molecule has 5 unspecified atom stereocenters. The van der Waals surface area contributed by atoms with Crippen LogP contribution in [0.25, 0.3) is 0 Å². The second-order valence-corrected chi connectivity index (χ2v) is 8.49. The summed E-state index contributed by atoms with van der Waals surface area (Å²) in [4.78, 5) is 6.89. The van der Waals surface area contributed by atoms with Gasteiger partial charge in [-0.25, -0.2) is 0 Å². The summed E-state index contributed by atoms with van der Waals surface area (Å²) in [5.74, 6) is 0. The molecule has 1 rings (SSSR count). The summed E-state index contributed by atoms with van der Waals surface area (Å²) in [6.07, 6.45) is 2.78. The third-order valence-corrected chi connectivity index (χ3v) is 6.74. The molecule has 0 amide bonds. The van der Waals surface area contributed by atoms with Crippen molar-refractivity contribution in [1.82, 2.24) is 25.3 Å². The Hall–Kier alpha value is 0.390. The highest BCUT2D eigenvalue weighted by molar-refractivity contribution is 7.82. The summed E-state index contributed by atoms with van der Waals surface area (Å²) >= 11 is 14.7. The summed E-state index contributed by atoms with van der Waals surface area (Å²) in [5.41, 5.74) is 6.86. The smallest absolute Gasteiger partial charge is 0.111 e. The molecule has 0 aromatic heterocycles. The molecule has 6 nitrogen and oxygen atoms in total. The van der Waals surface area contributed by atoms with Gasteiger partial charge in [-0.15, -0.1) is 37.9 Å². The van der Waals surface area contributed by atoms with Crippen LogP contribution in [-0.2, 0) is 0 Å². The molecule has 0 radical (unpaired) electrons. The summed E-state index contributed by atoms with van der Waals surface area (Å²) in [7, 11) is 3.89. The van der Waals surface area contributed by atoms with Crippen LogP contribution >= 0.6 is 37.9 Å². The molecule has 4 N–H and O–H groups in total. The molecule has 0 aliphatic carbocycles. The zero-order valence-corrected chi connectivity index (χ0v) is 19.3. The molecule has 9 heteroatoms. The van der Waals surface area contributed by atoms with E-state index in [1.165, 1.54) is 0 Å². The maximum Gasteiger partial charge on any atom is 0.111 e. The molecule has 0 aromatic rings. The maximum absolute atomic E-state index is 5.98. The van der Waals surface area contributed by atoms with Gasteiger partial charge in [-0.05, 0) is 40.2 Å². The predicted octanol–water partition coefficient (Wildman–Crippen LogP) is 1.40. The lowest BCUT2D eigenvalue weighted by Crippen LogP contribution is -2.67. The number of hydrogen-bond donors (Lipinski definition) is 6. The Bertz CT molecular complexity index is 425. The Labute approximate surface area is 176 Å². The van der Waals surface area contributed by atoms with Crippen molar-refractivity contribution in [2.24, 2.45) is 5.73 Å². The van der Waals surface area contributed by atoms with Crippen molar-refractivity contribution in [1.29, 1.82) is 0 Å². The van der Waals surface area contributed by atoms with Crippen LogP contribution in [0, 0.1) is 0 Å². The third kappa shape index (κ3) is 7.09. The van der Waals surface area contributed by atoms with E-state index in [2.05, 4.69) is 38.8 Å². The van der Waals surface area contributed by atoms with E-state index in [1.807, 2.05) is 21.0 Å². The largest absolute Gasteiger partial charge is 0.392 e. The van der Waals surface area contributed by atoms with E-state index in [0.29, 0.717) is 6.04 Å². The standard InChI is InChI=1S/C17H38N6S3/c1-12(18)6-9-21-15(24)22(10-7-13(2)19-4)17(26)23(16(21)25)11-8-14(3)20-5/h12,14-17,19-20,24-26H,2,6-11,18H2,1,3-5H3. The number of nitrogens with one attached hydrogen (secondary N) is 2. The van der Waals surface area contributed by atoms with Crippen molar-refractivity contribution in [3.63, 3.8) is 0 Å². The number of hydrogen-bond acceptors (Lipinski definition) is 9. The van der Waals surface area contributed by atoms with Gasteiger partial charge >= 0.3 is 0 Å². The molecule has 1 aliphatic heterocycles. The van der Waals surface area contributed by atoms with Crippen LogP contribution in [0.3, 0.4) is 0 Å². The van der Waals surface area contributed by atoms with Crippen molar-refractivity contribution in [2.45, 2.75) is 61.7 Å². The summed E-state index contributed by atoms with van der Waals surface area (Å²) in [6.45, 7) is 10.8. The highest BCUT2D eigenvalue weighted by atomic mass is 32.1. The SMILES string of the molecule is C=C(CCN1C(S)N(CCC(C)N)C(S)N(CCC(C)NC)C1S)NC. The highest BCUT2D eigenvalue weighted by Crippen LogP contribution is 2.32. The van der Waals surface area contributed by atoms with Gasteiger partial charge in [0.1, 0.15) is 16.5 Å². The zero-order chi connectivity index (χ0) is 19.9. The van der Waals surface area contributed by atoms with Gasteiger partial charge < -0.3 is 16.4 Å². The van der Waals surface area contributed by atoms with Gasteiger partial charge in [0, 0.05) is 44.5 Å². The lowest BCUT2D eigenvalue weighted by Gasteiger charge is -2.54. The molecule has 1 aliphatic rings. The minimum Gasteiger partial charge on any atom is -0.392 e. The van der Waals surface area contributed by atoms with E-state index in [9.17, 15) is 0 Å². The Morgan fingerprint density at radius 2 is 1.42 bits per heavy atom. The zero-order valence-electron chi connectivity index (χ0n) is 16.6.